The van der Waals surface area contributed by atoms with Gasteiger partial charge < -0.3 is 10.2 Å². The summed E-state index contributed by atoms with van der Waals surface area (Å²) in [4.78, 5) is 0. The van der Waals surface area contributed by atoms with Gasteiger partial charge in [0.05, 0.1) is 11.4 Å². The van der Waals surface area contributed by atoms with Gasteiger partial charge in [0, 0.05) is 34.0 Å². The van der Waals surface area contributed by atoms with Gasteiger partial charge in [-0.1, -0.05) is 83.1 Å². The molecule has 1 heterocycles. The molecule has 0 aliphatic carbocycles. The van der Waals surface area contributed by atoms with Crippen LogP contribution >= 0.6 is 0 Å². The Bertz CT molecular complexity index is 1070. The summed E-state index contributed by atoms with van der Waals surface area (Å²) in [6.45, 7) is 25.4. The van der Waals surface area contributed by atoms with Crippen molar-refractivity contribution in [3.63, 3.8) is 0 Å². The fourth-order valence-corrected chi connectivity index (χ4v) is 4.44. The van der Waals surface area contributed by atoms with E-state index in [1.165, 1.54) is 0 Å². The number of nitrogens with zero attached hydrogens (tertiary/aromatic N) is 2. The van der Waals surface area contributed by atoms with Gasteiger partial charge in [-0.25, -0.2) is 4.68 Å². The van der Waals surface area contributed by atoms with Gasteiger partial charge in [-0.3, -0.25) is 0 Å². The predicted molar refractivity (Wildman–Crippen MR) is 147 cm³/mol. The van der Waals surface area contributed by atoms with Gasteiger partial charge in [0.15, 0.2) is 0 Å². The van der Waals surface area contributed by atoms with E-state index in [1.807, 2.05) is 29.1 Å². The largest absolute Gasteiger partial charge is 0.507 e. The molecule has 0 aliphatic rings. The van der Waals surface area contributed by atoms with Crippen molar-refractivity contribution in [1.82, 2.24) is 9.78 Å². The molecule has 0 unspecified atom stereocenters. The molecule has 0 saturated carbocycles. The summed E-state index contributed by atoms with van der Waals surface area (Å²) in [5, 5.41) is 27.2. The van der Waals surface area contributed by atoms with Gasteiger partial charge in [0.1, 0.15) is 11.5 Å². The second-order valence-electron chi connectivity index (χ2n) is 14.0. The minimum absolute atomic E-state index is 0.206. The van der Waals surface area contributed by atoms with Crippen molar-refractivity contribution in [1.29, 1.82) is 0 Å². The molecule has 4 heteroatoms. The van der Waals surface area contributed by atoms with Crippen LogP contribution in [0.2, 0.25) is 0 Å². The van der Waals surface area contributed by atoms with Crippen molar-refractivity contribution in [2.75, 3.05) is 0 Å². The highest BCUT2D eigenvalue weighted by molar-refractivity contribution is 5.66. The molecule has 0 fully saturated rings. The highest BCUT2D eigenvalue weighted by Crippen LogP contribution is 2.43. The SMILES string of the molecule is CC(C)(C)c1cc(-c2ccn(-c3cc(C(C)(C)C)c(O)c(C(C)(C)C)c3)n2)cc(C(C)(C)C)c1O. The first-order valence-corrected chi connectivity index (χ1v) is 12.5. The number of hydrogen-bond donors (Lipinski definition) is 2. The number of hydrogen-bond acceptors (Lipinski definition) is 3. The quantitative estimate of drug-likeness (QED) is 0.392. The fraction of sp³-hybridized carbons (Fsp3) is 0.516. The van der Waals surface area contributed by atoms with E-state index in [4.69, 9.17) is 5.10 Å². The minimum atomic E-state index is -0.212. The zero-order valence-corrected chi connectivity index (χ0v) is 23.8. The Morgan fingerprint density at radius 2 is 0.914 bits per heavy atom. The third-order valence-electron chi connectivity index (χ3n) is 6.59. The molecule has 190 valence electrons. The second kappa shape index (κ2) is 8.43. The van der Waals surface area contributed by atoms with Crippen molar-refractivity contribution in [3.8, 4) is 28.4 Å². The van der Waals surface area contributed by atoms with Crippen molar-refractivity contribution < 1.29 is 10.2 Å². The molecule has 3 rings (SSSR count). The first kappa shape index (κ1) is 26.8. The maximum atomic E-state index is 11.1. The van der Waals surface area contributed by atoms with Crippen LogP contribution in [0, 0.1) is 0 Å². The summed E-state index contributed by atoms with van der Waals surface area (Å²) in [6.07, 6.45) is 1.97. The lowest BCUT2D eigenvalue weighted by atomic mass is 9.78. The Balaban J connectivity index is 2.23. The normalized spacial score (nSPS) is 13.4. The molecule has 0 saturated heterocycles. The third kappa shape index (κ3) is 5.42. The van der Waals surface area contributed by atoms with Crippen LogP contribution in [0.4, 0.5) is 0 Å². The predicted octanol–water partition coefficient (Wildman–Crippen LogP) is 8.14. The monoisotopic (exact) mass is 476 g/mol. The van der Waals surface area contributed by atoms with E-state index < -0.39 is 0 Å². The molecule has 0 spiro atoms. The minimum Gasteiger partial charge on any atom is -0.507 e. The van der Waals surface area contributed by atoms with E-state index in [0.717, 1.165) is 39.2 Å². The zero-order valence-electron chi connectivity index (χ0n) is 23.8. The lowest BCUT2D eigenvalue weighted by Gasteiger charge is -2.28. The first-order chi connectivity index (χ1) is 15.7. The Hall–Kier alpha value is -2.75. The molecule has 1 aromatic heterocycles. The Kier molecular flexibility index (Phi) is 6.46. The summed E-state index contributed by atoms with van der Waals surface area (Å²) in [6, 6.07) is 10.2. The molecule has 0 atom stereocenters. The number of phenols is 2. The van der Waals surface area contributed by atoms with E-state index in [9.17, 15) is 10.2 Å². The van der Waals surface area contributed by atoms with Crippen LogP contribution in [0.3, 0.4) is 0 Å². The Morgan fingerprint density at radius 1 is 0.571 bits per heavy atom. The van der Waals surface area contributed by atoms with Crippen LogP contribution in [0.25, 0.3) is 16.9 Å². The molecule has 2 N–H and O–H groups in total. The standard InChI is InChI=1S/C31H44N2O2/c1-28(2,3)21-15-19(16-22(26(21)34)29(4,5)6)25-13-14-33(32-25)20-17-23(30(7,8)9)27(35)24(18-20)31(10,11)12/h13-18,34-35H,1-12H3. The molecular weight excluding hydrogens is 432 g/mol. The van der Waals surface area contributed by atoms with Gasteiger partial charge in [0.2, 0.25) is 0 Å². The van der Waals surface area contributed by atoms with Crippen molar-refractivity contribution >= 4 is 0 Å². The average molecular weight is 477 g/mol. The highest BCUT2D eigenvalue weighted by Gasteiger charge is 2.29. The number of rotatable bonds is 2. The van der Waals surface area contributed by atoms with Crippen LogP contribution in [-0.2, 0) is 21.7 Å². The number of phenolic OH excluding ortho intramolecular Hbond substituents is 2. The van der Waals surface area contributed by atoms with E-state index in [-0.39, 0.29) is 21.7 Å². The van der Waals surface area contributed by atoms with Gasteiger partial charge in [-0.2, -0.15) is 5.10 Å². The van der Waals surface area contributed by atoms with Crippen molar-refractivity contribution in [2.45, 2.75) is 105 Å². The molecule has 0 amide bonds. The molecule has 0 radical (unpaired) electrons. The lowest BCUT2D eigenvalue weighted by molar-refractivity contribution is 0.422. The number of aromatic hydroxyl groups is 2. The first-order valence-electron chi connectivity index (χ1n) is 12.5. The van der Waals surface area contributed by atoms with Crippen molar-refractivity contribution in [2.24, 2.45) is 0 Å². The Morgan fingerprint density at radius 3 is 1.26 bits per heavy atom. The number of benzene rings is 2. The Labute approximate surface area is 212 Å². The van der Waals surface area contributed by atoms with Crippen molar-refractivity contribution in [3.05, 3.63) is 58.8 Å². The van der Waals surface area contributed by atoms with Crippen LogP contribution in [-0.4, -0.2) is 20.0 Å². The van der Waals surface area contributed by atoms with Crippen LogP contribution in [0.5, 0.6) is 11.5 Å². The maximum Gasteiger partial charge on any atom is 0.123 e. The molecule has 35 heavy (non-hydrogen) atoms. The van der Waals surface area contributed by atoms with E-state index in [1.54, 1.807) is 0 Å². The topological polar surface area (TPSA) is 58.3 Å². The highest BCUT2D eigenvalue weighted by atomic mass is 16.3. The lowest BCUT2D eigenvalue weighted by Crippen LogP contribution is -2.18. The fourth-order valence-electron chi connectivity index (χ4n) is 4.44. The smallest absolute Gasteiger partial charge is 0.123 e. The third-order valence-corrected chi connectivity index (χ3v) is 6.59. The van der Waals surface area contributed by atoms with Crippen LogP contribution in [0.15, 0.2) is 36.5 Å². The van der Waals surface area contributed by atoms with Gasteiger partial charge in [-0.15, -0.1) is 0 Å². The molecule has 3 aromatic rings. The average Bonchev–Trinajstić information content (AvgIpc) is 3.14. The molecule has 2 aromatic carbocycles. The van der Waals surface area contributed by atoms with Crippen LogP contribution < -0.4 is 0 Å². The maximum absolute atomic E-state index is 11.1. The molecular formula is C31H44N2O2. The number of aromatic nitrogens is 2. The van der Waals surface area contributed by atoms with Gasteiger partial charge >= 0.3 is 0 Å². The van der Waals surface area contributed by atoms with E-state index in [0.29, 0.717) is 11.5 Å². The van der Waals surface area contributed by atoms with E-state index in [2.05, 4.69) is 95.2 Å². The van der Waals surface area contributed by atoms with E-state index >= 15 is 0 Å². The van der Waals surface area contributed by atoms with Crippen LogP contribution in [0.1, 0.15) is 105 Å². The molecule has 0 bridgehead atoms. The summed E-state index contributed by atoms with van der Waals surface area (Å²) in [5.74, 6) is 0.737. The van der Waals surface area contributed by atoms with Gasteiger partial charge in [0.25, 0.3) is 0 Å². The molecule has 0 aliphatic heterocycles. The summed E-state index contributed by atoms with van der Waals surface area (Å²) < 4.78 is 1.89. The second-order valence-corrected chi connectivity index (χ2v) is 14.0. The molecule has 4 nitrogen and oxygen atoms in total. The van der Waals surface area contributed by atoms with Gasteiger partial charge in [-0.05, 0) is 52.0 Å². The summed E-state index contributed by atoms with van der Waals surface area (Å²) in [7, 11) is 0. The summed E-state index contributed by atoms with van der Waals surface area (Å²) >= 11 is 0. The summed E-state index contributed by atoms with van der Waals surface area (Å²) in [5.41, 5.74) is 5.59. The zero-order chi connectivity index (χ0) is 26.7.